The summed E-state index contributed by atoms with van der Waals surface area (Å²) in [4.78, 5) is 30.5. The number of carbonyl (C=O) groups excluding carboxylic acids is 2. The molecule has 1 aliphatic heterocycles. The summed E-state index contributed by atoms with van der Waals surface area (Å²) in [5.74, 6) is -0.157. The number of hydrogen-bond acceptors (Lipinski definition) is 5. The van der Waals surface area contributed by atoms with E-state index in [1.807, 2.05) is 12.1 Å². The summed E-state index contributed by atoms with van der Waals surface area (Å²) < 4.78 is 24.1. The minimum atomic E-state index is -0.686. The summed E-state index contributed by atoms with van der Waals surface area (Å²) in [5, 5.41) is 1.15. The lowest BCUT2D eigenvalue weighted by molar-refractivity contribution is -0.142. The molecule has 8 heteroatoms. The monoisotopic (exact) mass is 470 g/mol. The van der Waals surface area contributed by atoms with E-state index in [0.717, 1.165) is 17.4 Å². The fraction of sp³-hybridized carbons (Fsp3) is 0.320. The van der Waals surface area contributed by atoms with E-state index < -0.39 is 11.9 Å². The normalized spacial score (nSPS) is 16.6. The van der Waals surface area contributed by atoms with E-state index in [1.54, 1.807) is 36.2 Å². The van der Waals surface area contributed by atoms with Crippen molar-refractivity contribution < 1.29 is 23.5 Å². The van der Waals surface area contributed by atoms with Gasteiger partial charge >= 0.3 is 5.97 Å². The molecule has 33 heavy (non-hydrogen) atoms. The highest BCUT2D eigenvalue weighted by Crippen LogP contribution is 2.34. The van der Waals surface area contributed by atoms with Crippen LogP contribution >= 0.6 is 11.6 Å². The molecule has 0 radical (unpaired) electrons. The van der Waals surface area contributed by atoms with Crippen molar-refractivity contribution in [2.75, 3.05) is 20.2 Å². The van der Waals surface area contributed by atoms with Gasteiger partial charge in [0.15, 0.2) is 6.10 Å². The summed E-state index contributed by atoms with van der Waals surface area (Å²) >= 11 is 6.25. The Hall–Kier alpha value is -3.19. The predicted molar refractivity (Wildman–Crippen MR) is 124 cm³/mol. The van der Waals surface area contributed by atoms with Gasteiger partial charge in [-0.15, -0.1) is 0 Å². The van der Waals surface area contributed by atoms with Gasteiger partial charge in [-0.3, -0.25) is 14.6 Å². The number of aromatic nitrogens is 1. The first-order valence-corrected chi connectivity index (χ1v) is 11.1. The summed E-state index contributed by atoms with van der Waals surface area (Å²) in [6.07, 6.45) is 2.05. The fourth-order valence-corrected chi connectivity index (χ4v) is 4.44. The zero-order chi connectivity index (χ0) is 23.5. The van der Waals surface area contributed by atoms with E-state index in [9.17, 15) is 14.0 Å². The van der Waals surface area contributed by atoms with E-state index in [-0.39, 0.29) is 17.8 Å². The lowest BCUT2D eigenvalue weighted by Gasteiger charge is -2.22. The summed E-state index contributed by atoms with van der Waals surface area (Å²) in [5.41, 5.74) is 2.21. The molecule has 4 rings (SSSR count). The van der Waals surface area contributed by atoms with Crippen molar-refractivity contribution in [2.45, 2.75) is 25.9 Å². The highest BCUT2D eigenvalue weighted by molar-refractivity contribution is 6.33. The van der Waals surface area contributed by atoms with Crippen LogP contribution in [-0.4, -0.2) is 48.1 Å². The lowest BCUT2D eigenvalue weighted by Crippen LogP contribution is -2.39. The van der Waals surface area contributed by atoms with Crippen molar-refractivity contribution in [1.82, 2.24) is 9.88 Å². The van der Waals surface area contributed by atoms with Crippen LogP contribution in [0.5, 0.6) is 5.75 Å². The molecule has 2 heterocycles. The Bertz CT molecular complexity index is 1200. The van der Waals surface area contributed by atoms with Gasteiger partial charge in [0.1, 0.15) is 11.6 Å². The molecular formula is C25H24ClFN2O4. The second-order valence-corrected chi connectivity index (χ2v) is 8.55. The number of methoxy groups -OCH3 is 1. The highest BCUT2D eigenvalue weighted by Gasteiger charge is 2.31. The minimum Gasteiger partial charge on any atom is -0.481 e. The van der Waals surface area contributed by atoms with Crippen LogP contribution in [0.1, 0.15) is 19.8 Å². The van der Waals surface area contributed by atoms with Crippen molar-refractivity contribution >= 4 is 34.4 Å². The number of carbonyl (C=O) groups is 2. The van der Waals surface area contributed by atoms with Gasteiger partial charge < -0.3 is 14.4 Å². The molecule has 2 aromatic carbocycles. The maximum atomic E-state index is 13.5. The summed E-state index contributed by atoms with van der Waals surface area (Å²) in [7, 11) is 1.37. The maximum absolute atomic E-state index is 13.5. The molecule has 1 saturated heterocycles. The Morgan fingerprint density at radius 1 is 1.21 bits per heavy atom. The Kier molecular flexibility index (Phi) is 6.79. The number of amides is 1. The number of halogens is 2. The van der Waals surface area contributed by atoms with E-state index >= 15 is 0 Å². The predicted octanol–water partition coefficient (Wildman–Crippen LogP) is 4.87. The molecule has 1 aliphatic rings. The number of hydrogen-bond donors (Lipinski definition) is 0. The van der Waals surface area contributed by atoms with Crippen LogP contribution in [0.25, 0.3) is 22.0 Å². The van der Waals surface area contributed by atoms with Gasteiger partial charge in [0.2, 0.25) is 0 Å². The number of likely N-dealkylation sites (tertiary alicyclic amines) is 1. The molecule has 0 N–H and O–H groups in total. The van der Waals surface area contributed by atoms with Crippen molar-refractivity contribution in [3.8, 4) is 16.9 Å². The van der Waals surface area contributed by atoms with Crippen LogP contribution < -0.4 is 4.74 Å². The largest absolute Gasteiger partial charge is 0.481 e. The number of fused-ring (bicyclic) bond motifs is 1. The molecule has 6 nitrogen and oxygen atoms in total. The van der Waals surface area contributed by atoms with E-state index in [1.165, 1.54) is 19.2 Å². The molecule has 172 valence electrons. The number of esters is 1. The number of pyridine rings is 1. The van der Waals surface area contributed by atoms with Gasteiger partial charge in [-0.05, 0) is 61.2 Å². The third-order valence-corrected chi connectivity index (χ3v) is 6.19. The molecule has 2 atom stereocenters. The minimum absolute atomic E-state index is 0.107. The second kappa shape index (κ2) is 9.75. The van der Waals surface area contributed by atoms with E-state index in [2.05, 4.69) is 4.98 Å². The molecule has 1 fully saturated rings. The van der Waals surface area contributed by atoms with Crippen molar-refractivity contribution in [3.05, 3.63) is 59.5 Å². The number of nitrogens with zero attached hydrogens (tertiary/aromatic N) is 2. The first kappa shape index (κ1) is 23.0. The molecule has 0 bridgehead atoms. The quantitative estimate of drug-likeness (QED) is 0.480. The standard InChI is InChI=1S/C25H24ClFN2O4/c1-15(25(31)29-10-8-16(14-29)11-24(30)32-2)33-18-4-6-21-19(7-9-28-23(21)13-18)20-5-3-17(27)12-22(20)26/h3-7,9,12-13,15-16H,8,10-11,14H2,1-2H3/t15?,16-/m1/s1. The average molecular weight is 471 g/mol. The third-order valence-electron chi connectivity index (χ3n) is 5.88. The van der Waals surface area contributed by atoms with E-state index in [0.29, 0.717) is 41.4 Å². The second-order valence-electron chi connectivity index (χ2n) is 8.14. The Morgan fingerprint density at radius 2 is 2.03 bits per heavy atom. The summed E-state index contributed by atoms with van der Waals surface area (Å²) in [6, 6.07) is 11.5. The Labute approximate surface area is 196 Å². The number of benzene rings is 2. The average Bonchev–Trinajstić information content (AvgIpc) is 3.26. The summed E-state index contributed by atoms with van der Waals surface area (Å²) in [6.45, 7) is 2.82. The van der Waals surface area contributed by atoms with E-state index in [4.69, 9.17) is 21.1 Å². The molecule has 1 amide bonds. The smallest absolute Gasteiger partial charge is 0.305 e. The first-order valence-electron chi connectivity index (χ1n) is 10.7. The topological polar surface area (TPSA) is 68.7 Å². The maximum Gasteiger partial charge on any atom is 0.305 e. The molecule has 1 aromatic heterocycles. The molecule has 3 aromatic rings. The van der Waals surface area contributed by atoms with Gasteiger partial charge in [0, 0.05) is 36.3 Å². The molecule has 0 aliphatic carbocycles. The van der Waals surface area contributed by atoms with Gasteiger partial charge in [0.25, 0.3) is 5.91 Å². The molecule has 0 saturated carbocycles. The molecule has 0 spiro atoms. The Balaban J connectivity index is 1.48. The van der Waals surface area contributed by atoms with Crippen LogP contribution in [0.3, 0.4) is 0 Å². The van der Waals surface area contributed by atoms with Crippen LogP contribution in [0, 0.1) is 11.7 Å². The van der Waals surface area contributed by atoms with Crippen LogP contribution in [-0.2, 0) is 14.3 Å². The van der Waals surface area contributed by atoms with Crippen molar-refractivity contribution in [2.24, 2.45) is 5.92 Å². The van der Waals surface area contributed by atoms with Crippen LogP contribution in [0.4, 0.5) is 4.39 Å². The van der Waals surface area contributed by atoms with Gasteiger partial charge in [-0.25, -0.2) is 4.39 Å². The number of ether oxygens (including phenoxy) is 2. The van der Waals surface area contributed by atoms with Crippen molar-refractivity contribution in [1.29, 1.82) is 0 Å². The number of rotatable bonds is 6. The first-order chi connectivity index (χ1) is 15.9. The highest BCUT2D eigenvalue weighted by atomic mass is 35.5. The molecular weight excluding hydrogens is 447 g/mol. The van der Waals surface area contributed by atoms with Crippen LogP contribution in [0.15, 0.2) is 48.7 Å². The Morgan fingerprint density at radius 3 is 2.79 bits per heavy atom. The van der Waals surface area contributed by atoms with Gasteiger partial charge in [-0.2, -0.15) is 0 Å². The fourth-order valence-electron chi connectivity index (χ4n) is 4.17. The van der Waals surface area contributed by atoms with Gasteiger partial charge in [0.05, 0.1) is 24.1 Å². The zero-order valence-corrected chi connectivity index (χ0v) is 19.1. The van der Waals surface area contributed by atoms with Crippen molar-refractivity contribution in [3.63, 3.8) is 0 Å². The van der Waals surface area contributed by atoms with Crippen LogP contribution in [0.2, 0.25) is 5.02 Å². The molecule has 1 unspecified atom stereocenters. The van der Waals surface area contributed by atoms with Gasteiger partial charge in [-0.1, -0.05) is 11.6 Å². The third kappa shape index (κ3) is 5.09. The SMILES string of the molecule is COC(=O)C[C@H]1CCN(C(=O)C(C)Oc2ccc3c(-c4ccc(F)cc4Cl)ccnc3c2)C1. The zero-order valence-electron chi connectivity index (χ0n) is 18.4. The lowest BCUT2D eigenvalue weighted by atomic mass is 10.0.